The Labute approximate surface area is 113 Å². The molecular weight excluding hydrogens is 267 g/mol. The van der Waals surface area contributed by atoms with Crippen LogP contribution in [0.15, 0.2) is 48.5 Å². The molecule has 0 radical (unpaired) electrons. The van der Waals surface area contributed by atoms with Crippen LogP contribution < -0.4 is 5.32 Å². The van der Waals surface area contributed by atoms with Gasteiger partial charge in [0.05, 0.1) is 6.04 Å². The van der Waals surface area contributed by atoms with Gasteiger partial charge in [0.15, 0.2) is 0 Å². The van der Waals surface area contributed by atoms with Gasteiger partial charge in [-0.1, -0.05) is 48.5 Å². The van der Waals surface area contributed by atoms with Crippen LogP contribution in [0.3, 0.4) is 0 Å². The maximum Gasteiger partial charge on any atom is 0.471 e. The maximum absolute atomic E-state index is 12.4. The van der Waals surface area contributed by atoms with Crippen LogP contribution in [0.2, 0.25) is 0 Å². The fraction of sp³-hybridized carbons (Fsp3) is 0.133. The first kappa shape index (κ1) is 12.7. The van der Waals surface area contributed by atoms with Crippen molar-refractivity contribution in [2.75, 3.05) is 0 Å². The number of amides is 1. The number of fused-ring (bicyclic) bond motifs is 3. The molecule has 0 fully saturated rings. The van der Waals surface area contributed by atoms with Crippen LogP contribution in [0.25, 0.3) is 11.1 Å². The summed E-state index contributed by atoms with van der Waals surface area (Å²) in [6, 6.07) is 13.5. The van der Waals surface area contributed by atoms with Crippen LogP contribution in [0, 0.1) is 0 Å². The summed E-state index contributed by atoms with van der Waals surface area (Å²) in [5.41, 5.74) is 3.09. The zero-order chi connectivity index (χ0) is 14.3. The Bertz CT molecular complexity index is 633. The Hall–Kier alpha value is -2.30. The molecule has 0 atom stereocenters. The number of alkyl halides is 3. The van der Waals surface area contributed by atoms with Gasteiger partial charge >= 0.3 is 12.1 Å². The van der Waals surface area contributed by atoms with Gasteiger partial charge in [-0.25, -0.2) is 0 Å². The normalized spacial score (nSPS) is 13.8. The van der Waals surface area contributed by atoms with Crippen LogP contribution in [0.5, 0.6) is 0 Å². The molecule has 0 unspecified atom stereocenters. The zero-order valence-corrected chi connectivity index (χ0v) is 10.2. The minimum Gasteiger partial charge on any atom is -0.337 e. The molecule has 5 heteroatoms. The zero-order valence-electron chi connectivity index (χ0n) is 10.2. The number of rotatable bonds is 1. The quantitative estimate of drug-likeness (QED) is 0.850. The highest BCUT2D eigenvalue weighted by Crippen LogP contribution is 2.43. The van der Waals surface area contributed by atoms with Gasteiger partial charge in [-0.2, -0.15) is 13.2 Å². The fourth-order valence-electron chi connectivity index (χ4n) is 2.52. The Morgan fingerprint density at radius 1 is 0.900 bits per heavy atom. The van der Waals surface area contributed by atoms with Crippen molar-refractivity contribution in [1.29, 1.82) is 0 Å². The number of carbonyl (C=O) groups is 1. The number of nitrogens with one attached hydrogen (secondary N) is 1. The molecule has 20 heavy (non-hydrogen) atoms. The van der Waals surface area contributed by atoms with Crippen molar-refractivity contribution in [3.05, 3.63) is 59.7 Å². The Balaban J connectivity index is 2.06. The number of hydrogen-bond donors (Lipinski definition) is 1. The summed E-state index contributed by atoms with van der Waals surface area (Å²) in [5.74, 6) is -1.92. The monoisotopic (exact) mass is 277 g/mol. The molecule has 2 nitrogen and oxygen atoms in total. The van der Waals surface area contributed by atoms with Gasteiger partial charge < -0.3 is 5.32 Å². The smallest absolute Gasteiger partial charge is 0.337 e. The second-order valence-corrected chi connectivity index (χ2v) is 4.58. The van der Waals surface area contributed by atoms with Gasteiger partial charge in [0.2, 0.25) is 0 Å². The van der Waals surface area contributed by atoms with Crippen LogP contribution in [-0.2, 0) is 4.79 Å². The summed E-state index contributed by atoms with van der Waals surface area (Å²) < 4.78 is 37.3. The highest BCUT2D eigenvalue weighted by Gasteiger charge is 2.41. The van der Waals surface area contributed by atoms with Crippen molar-refractivity contribution < 1.29 is 18.0 Å². The number of carbonyl (C=O) groups excluding carboxylic acids is 1. The minimum atomic E-state index is -4.88. The van der Waals surface area contributed by atoms with E-state index in [1.807, 2.05) is 24.3 Å². The summed E-state index contributed by atoms with van der Waals surface area (Å²) in [6.45, 7) is 0. The van der Waals surface area contributed by atoms with Crippen LogP contribution in [0.1, 0.15) is 17.2 Å². The molecule has 0 saturated heterocycles. The van der Waals surface area contributed by atoms with E-state index in [1.54, 1.807) is 24.3 Å². The summed E-state index contributed by atoms with van der Waals surface area (Å²) in [5, 5.41) is 2.07. The minimum absolute atomic E-state index is 0.686. The van der Waals surface area contributed by atoms with Gasteiger partial charge in [-0.05, 0) is 22.3 Å². The molecule has 0 spiro atoms. The topological polar surface area (TPSA) is 29.1 Å². The molecule has 1 aliphatic rings. The molecule has 2 aromatic carbocycles. The van der Waals surface area contributed by atoms with E-state index < -0.39 is 18.1 Å². The van der Waals surface area contributed by atoms with E-state index in [0.29, 0.717) is 11.1 Å². The largest absolute Gasteiger partial charge is 0.471 e. The highest BCUT2D eigenvalue weighted by molar-refractivity contribution is 5.86. The predicted molar refractivity (Wildman–Crippen MR) is 67.9 cm³/mol. The van der Waals surface area contributed by atoms with Crippen molar-refractivity contribution in [2.45, 2.75) is 12.2 Å². The van der Waals surface area contributed by atoms with Crippen LogP contribution >= 0.6 is 0 Å². The second-order valence-electron chi connectivity index (χ2n) is 4.58. The first-order valence-corrected chi connectivity index (χ1v) is 6.04. The summed E-state index contributed by atoms with van der Waals surface area (Å²) in [7, 11) is 0. The predicted octanol–water partition coefficient (Wildman–Crippen LogP) is 3.43. The molecule has 1 aliphatic carbocycles. The van der Waals surface area contributed by atoms with Crippen LogP contribution in [-0.4, -0.2) is 12.1 Å². The molecule has 3 rings (SSSR count). The van der Waals surface area contributed by atoms with E-state index in [-0.39, 0.29) is 0 Å². The van der Waals surface area contributed by atoms with Crippen molar-refractivity contribution in [2.24, 2.45) is 0 Å². The molecule has 102 valence electrons. The van der Waals surface area contributed by atoms with Gasteiger partial charge in [0.1, 0.15) is 0 Å². The lowest BCUT2D eigenvalue weighted by Gasteiger charge is -2.16. The number of hydrogen-bond acceptors (Lipinski definition) is 1. The molecule has 1 amide bonds. The first-order chi connectivity index (χ1) is 9.48. The average molecular weight is 277 g/mol. The van der Waals surface area contributed by atoms with Crippen molar-refractivity contribution in [3.63, 3.8) is 0 Å². The summed E-state index contributed by atoms with van der Waals surface area (Å²) >= 11 is 0. The number of halogens is 3. The SMILES string of the molecule is O=C(NC1c2ccccc2-c2ccccc21)C(F)(F)F. The van der Waals surface area contributed by atoms with Crippen molar-refractivity contribution in [3.8, 4) is 11.1 Å². The van der Waals surface area contributed by atoms with Gasteiger partial charge in [-0.3, -0.25) is 4.79 Å². The van der Waals surface area contributed by atoms with E-state index in [1.165, 1.54) is 0 Å². The van der Waals surface area contributed by atoms with Gasteiger partial charge in [0, 0.05) is 0 Å². The lowest BCUT2D eigenvalue weighted by Crippen LogP contribution is -2.38. The highest BCUT2D eigenvalue weighted by atomic mass is 19.4. The van der Waals surface area contributed by atoms with E-state index >= 15 is 0 Å². The molecule has 0 aromatic heterocycles. The molecule has 0 aliphatic heterocycles. The molecule has 2 aromatic rings. The van der Waals surface area contributed by atoms with Crippen molar-refractivity contribution in [1.82, 2.24) is 5.32 Å². The van der Waals surface area contributed by atoms with E-state index in [2.05, 4.69) is 5.32 Å². The lowest BCUT2D eigenvalue weighted by atomic mass is 10.1. The Kier molecular flexibility index (Phi) is 2.78. The van der Waals surface area contributed by atoms with Crippen LogP contribution in [0.4, 0.5) is 13.2 Å². The summed E-state index contributed by atoms with van der Waals surface area (Å²) in [6.07, 6.45) is -4.88. The Morgan fingerprint density at radius 2 is 1.35 bits per heavy atom. The third-order valence-corrected chi connectivity index (χ3v) is 3.37. The Morgan fingerprint density at radius 3 is 1.80 bits per heavy atom. The van der Waals surface area contributed by atoms with Gasteiger partial charge in [0.25, 0.3) is 0 Å². The van der Waals surface area contributed by atoms with E-state index in [4.69, 9.17) is 0 Å². The number of benzene rings is 2. The molecule has 0 saturated carbocycles. The third-order valence-electron chi connectivity index (χ3n) is 3.37. The van der Waals surface area contributed by atoms with E-state index in [0.717, 1.165) is 11.1 Å². The molecule has 0 bridgehead atoms. The standard InChI is InChI=1S/C15H10F3NO/c16-15(17,18)14(20)19-13-11-7-3-1-5-9(11)10-6-2-4-8-12(10)13/h1-8,13H,(H,19,20). The van der Waals surface area contributed by atoms with Crippen molar-refractivity contribution >= 4 is 5.91 Å². The molecule has 0 heterocycles. The second kappa shape index (κ2) is 4.37. The van der Waals surface area contributed by atoms with E-state index in [9.17, 15) is 18.0 Å². The summed E-state index contributed by atoms with van der Waals surface area (Å²) in [4.78, 5) is 11.2. The lowest BCUT2D eigenvalue weighted by molar-refractivity contribution is -0.174. The first-order valence-electron chi connectivity index (χ1n) is 6.04. The maximum atomic E-state index is 12.4. The molecule has 1 N–H and O–H groups in total. The van der Waals surface area contributed by atoms with Gasteiger partial charge in [-0.15, -0.1) is 0 Å². The third kappa shape index (κ3) is 1.95. The molecular formula is C15H10F3NO. The average Bonchev–Trinajstić information content (AvgIpc) is 2.73. The fourth-order valence-corrected chi connectivity index (χ4v) is 2.52.